The van der Waals surface area contributed by atoms with Crippen LogP contribution in [0.15, 0.2) is 4.60 Å². The van der Waals surface area contributed by atoms with Crippen molar-refractivity contribution in [1.82, 2.24) is 9.55 Å². The molecule has 0 amide bonds. The zero-order valence-corrected chi connectivity index (χ0v) is 10.3. The molecule has 82 valence electrons. The summed E-state index contributed by atoms with van der Waals surface area (Å²) in [7, 11) is 0. The highest BCUT2D eigenvalue weighted by molar-refractivity contribution is 9.10. The molecule has 3 nitrogen and oxygen atoms in total. The highest BCUT2D eigenvalue weighted by atomic mass is 79.9. The smallest absolute Gasteiger partial charge is 0.109 e. The molecule has 1 atom stereocenters. The Kier molecular flexibility index (Phi) is 2.36. The van der Waals surface area contributed by atoms with Crippen LogP contribution in [0.5, 0.6) is 0 Å². The Morgan fingerprint density at radius 2 is 2.20 bits per heavy atom. The van der Waals surface area contributed by atoms with Crippen LogP contribution in [0.1, 0.15) is 36.7 Å². The number of aryl methyl sites for hydroxylation is 1. The molecule has 4 heteroatoms. The van der Waals surface area contributed by atoms with Gasteiger partial charge in [-0.15, -0.1) is 0 Å². The zero-order valence-electron chi connectivity index (χ0n) is 8.75. The Balaban J connectivity index is 1.94. The summed E-state index contributed by atoms with van der Waals surface area (Å²) in [4.78, 5) is 4.76. The molecule has 2 N–H and O–H groups in total. The molecule has 0 radical (unpaired) electrons. The summed E-state index contributed by atoms with van der Waals surface area (Å²) in [6, 6.07) is 0. The van der Waals surface area contributed by atoms with Gasteiger partial charge < -0.3 is 10.3 Å². The third kappa shape index (κ3) is 1.64. The van der Waals surface area contributed by atoms with E-state index in [4.69, 9.17) is 10.7 Å². The largest absolute Gasteiger partial charge is 0.330 e. The number of hydrogen-bond donors (Lipinski definition) is 1. The number of aromatic nitrogens is 2. The molecular formula is C11H16BrN3. The van der Waals surface area contributed by atoms with Crippen LogP contribution in [0.25, 0.3) is 0 Å². The summed E-state index contributed by atoms with van der Waals surface area (Å²) in [5.41, 5.74) is 7.03. The van der Waals surface area contributed by atoms with Crippen LogP contribution in [0, 0.1) is 5.92 Å². The maximum Gasteiger partial charge on any atom is 0.109 e. The predicted octanol–water partition coefficient (Wildman–Crippen LogP) is 2.04. The Morgan fingerprint density at radius 1 is 1.40 bits per heavy atom. The minimum atomic E-state index is 0.634. The van der Waals surface area contributed by atoms with E-state index in [0.29, 0.717) is 5.92 Å². The van der Waals surface area contributed by atoms with Gasteiger partial charge in [0.25, 0.3) is 0 Å². The highest BCUT2D eigenvalue weighted by Gasteiger charge is 2.32. The fraction of sp³-hybridized carbons (Fsp3) is 0.727. The molecule has 1 aliphatic heterocycles. The van der Waals surface area contributed by atoms with Gasteiger partial charge in [-0.2, -0.15) is 0 Å². The van der Waals surface area contributed by atoms with Crippen molar-refractivity contribution in [3.05, 3.63) is 16.1 Å². The first-order chi connectivity index (χ1) is 7.29. The minimum Gasteiger partial charge on any atom is -0.330 e. The van der Waals surface area contributed by atoms with Crippen molar-refractivity contribution in [2.45, 2.75) is 38.1 Å². The quantitative estimate of drug-likeness (QED) is 0.893. The van der Waals surface area contributed by atoms with Gasteiger partial charge in [0, 0.05) is 18.9 Å². The average Bonchev–Trinajstić information content (AvgIpc) is 3.05. The molecule has 1 fully saturated rings. The van der Waals surface area contributed by atoms with Crippen molar-refractivity contribution < 1.29 is 0 Å². The number of hydrogen-bond acceptors (Lipinski definition) is 2. The lowest BCUT2D eigenvalue weighted by atomic mass is 10.00. The van der Waals surface area contributed by atoms with Gasteiger partial charge in [-0.1, -0.05) is 0 Å². The van der Waals surface area contributed by atoms with Crippen molar-refractivity contribution in [1.29, 1.82) is 0 Å². The first-order valence-electron chi connectivity index (χ1n) is 5.74. The second-order valence-electron chi connectivity index (χ2n) is 4.73. The summed E-state index contributed by atoms with van der Waals surface area (Å²) in [6.07, 6.45) is 4.92. The predicted molar refractivity (Wildman–Crippen MR) is 62.8 cm³/mol. The summed E-state index contributed by atoms with van der Waals surface area (Å²) >= 11 is 3.69. The molecule has 1 aliphatic carbocycles. The fourth-order valence-electron chi connectivity index (χ4n) is 2.37. The zero-order chi connectivity index (χ0) is 10.4. The van der Waals surface area contributed by atoms with Gasteiger partial charge in [0.1, 0.15) is 10.4 Å². The molecule has 0 bridgehead atoms. The van der Waals surface area contributed by atoms with Crippen LogP contribution in [0.3, 0.4) is 0 Å². The monoisotopic (exact) mass is 269 g/mol. The first-order valence-corrected chi connectivity index (χ1v) is 6.53. The van der Waals surface area contributed by atoms with Gasteiger partial charge in [0.05, 0.1) is 5.69 Å². The second-order valence-corrected chi connectivity index (χ2v) is 5.48. The molecule has 0 aromatic carbocycles. The van der Waals surface area contributed by atoms with Gasteiger partial charge in [-0.05, 0) is 47.7 Å². The SMILES string of the molecule is NCC1CCc2nc(C3CC3)c(Br)n2C1. The molecule has 0 spiro atoms. The van der Waals surface area contributed by atoms with E-state index in [9.17, 15) is 0 Å². The summed E-state index contributed by atoms with van der Waals surface area (Å²) in [5.74, 6) is 2.62. The Labute approximate surface area is 98.2 Å². The number of nitrogens with zero attached hydrogens (tertiary/aromatic N) is 2. The summed E-state index contributed by atoms with van der Waals surface area (Å²) in [6.45, 7) is 1.84. The molecule has 2 heterocycles. The number of halogens is 1. The number of imidazole rings is 1. The molecular weight excluding hydrogens is 254 g/mol. The highest BCUT2D eigenvalue weighted by Crippen LogP contribution is 2.43. The van der Waals surface area contributed by atoms with Crippen molar-refractivity contribution in [3.8, 4) is 0 Å². The number of nitrogens with two attached hydrogens (primary N) is 1. The minimum absolute atomic E-state index is 0.634. The van der Waals surface area contributed by atoms with Gasteiger partial charge in [0.15, 0.2) is 0 Å². The molecule has 1 aromatic rings. The van der Waals surface area contributed by atoms with Gasteiger partial charge in [-0.3, -0.25) is 0 Å². The lowest BCUT2D eigenvalue weighted by Gasteiger charge is -2.22. The molecule has 1 aromatic heterocycles. The van der Waals surface area contributed by atoms with Crippen LogP contribution >= 0.6 is 15.9 Å². The summed E-state index contributed by atoms with van der Waals surface area (Å²) < 4.78 is 3.55. The van der Waals surface area contributed by atoms with Crippen molar-refractivity contribution in [2.75, 3.05) is 6.54 Å². The van der Waals surface area contributed by atoms with E-state index in [1.807, 2.05) is 0 Å². The standard InChI is InChI=1S/C11H16BrN3/c12-11-10(8-2-3-8)14-9-4-1-7(5-13)6-15(9)11/h7-8H,1-6,13H2. The lowest BCUT2D eigenvalue weighted by Crippen LogP contribution is -2.26. The molecule has 1 saturated carbocycles. The Morgan fingerprint density at radius 3 is 2.87 bits per heavy atom. The van der Waals surface area contributed by atoms with Crippen molar-refractivity contribution in [3.63, 3.8) is 0 Å². The Bertz CT molecular complexity index is 381. The second kappa shape index (κ2) is 3.59. The topological polar surface area (TPSA) is 43.8 Å². The van der Waals surface area contributed by atoms with E-state index in [-0.39, 0.29) is 0 Å². The van der Waals surface area contributed by atoms with E-state index >= 15 is 0 Å². The lowest BCUT2D eigenvalue weighted by molar-refractivity contribution is 0.370. The molecule has 0 saturated heterocycles. The molecule has 3 rings (SSSR count). The van der Waals surface area contributed by atoms with Gasteiger partial charge >= 0.3 is 0 Å². The summed E-state index contributed by atoms with van der Waals surface area (Å²) in [5, 5.41) is 0. The maximum atomic E-state index is 5.74. The van der Waals surface area contributed by atoms with Crippen LogP contribution in [0.2, 0.25) is 0 Å². The number of rotatable bonds is 2. The van der Waals surface area contributed by atoms with Crippen LogP contribution < -0.4 is 5.73 Å². The van der Waals surface area contributed by atoms with Crippen LogP contribution in [-0.4, -0.2) is 16.1 Å². The number of fused-ring (bicyclic) bond motifs is 1. The molecule has 1 unspecified atom stereocenters. The van der Waals surface area contributed by atoms with Gasteiger partial charge in [-0.25, -0.2) is 4.98 Å². The maximum absolute atomic E-state index is 5.74. The molecule has 15 heavy (non-hydrogen) atoms. The fourth-order valence-corrected chi connectivity index (χ4v) is 3.13. The van der Waals surface area contributed by atoms with E-state index in [0.717, 1.165) is 25.4 Å². The van der Waals surface area contributed by atoms with Crippen LogP contribution in [0.4, 0.5) is 0 Å². The molecule has 2 aliphatic rings. The van der Waals surface area contributed by atoms with Crippen molar-refractivity contribution in [2.24, 2.45) is 11.7 Å². The third-order valence-electron chi connectivity index (χ3n) is 3.52. The average molecular weight is 270 g/mol. The van der Waals surface area contributed by atoms with E-state index in [2.05, 4.69) is 20.5 Å². The van der Waals surface area contributed by atoms with E-state index in [1.54, 1.807) is 0 Å². The Hall–Kier alpha value is -0.350. The normalized spacial score (nSPS) is 25.3. The van der Waals surface area contributed by atoms with Gasteiger partial charge in [0.2, 0.25) is 0 Å². The third-order valence-corrected chi connectivity index (χ3v) is 4.36. The van der Waals surface area contributed by atoms with Crippen LogP contribution in [-0.2, 0) is 13.0 Å². The van der Waals surface area contributed by atoms with Crippen molar-refractivity contribution >= 4 is 15.9 Å². The van der Waals surface area contributed by atoms with E-state index in [1.165, 1.54) is 35.4 Å². The first kappa shape index (κ1) is 9.85. The van der Waals surface area contributed by atoms with E-state index < -0.39 is 0 Å².